The zero-order valence-corrected chi connectivity index (χ0v) is 8.93. The Kier molecular flexibility index (Phi) is 3.12. The molecule has 0 aliphatic carbocycles. The second-order valence-electron chi connectivity index (χ2n) is 3.11. The number of rotatable bonds is 3. The molecule has 14 heavy (non-hydrogen) atoms. The van der Waals surface area contributed by atoms with Crippen LogP contribution in [0.15, 0.2) is 11.2 Å². The standard InChI is InChI=1S/C9H14BN3O/c1-5-6(10)4-7(14-3)9(12-2)8(5)13-11/h4,11-12H,10H2,1-3H3. The fourth-order valence-corrected chi connectivity index (χ4v) is 1.41. The summed E-state index contributed by atoms with van der Waals surface area (Å²) in [5, 5.41) is 6.51. The summed E-state index contributed by atoms with van der Waals surface area (Å²) in [5.74, 6) is 0.724. The van der Waals surface area contributed by atoms with Crippen LogP contribution in [0.4, 0.5) is 11.4 Å². The van der Waals surface area contributed by atoms with Gasteiger partial charge in [-0.15, -0.1) is 0 Å². The molecule has 5 heteroatoms. The fourth-order valence-electron chi connectivity index (χ4n) is 1.41. The van der Waals surface area contributed by atoms with E-state index in [1.165, 1.54) is 0 Å². The monoisotopic (exact) mass is 191 g/mol. The van der Waals surface area contributed by atoms with E-state index in [1.54, 1.807) is 14.2 Å². The molecular formula is C9H14BN3O. The molecule has 0 radical (unpaired) electrons. The zero-order valence-electron chi connectivity index (χ0n) is 8.93. The summed E-state index contributed by atoms with van der Waals surface area (Å²) >= 11 is 0. The Balaban J connectivity index is 3.49. The van der Waals surface area contributed by atoms with Gasteiger partial charge in [0.1, 0.15) is 25.0 Å². The lowest BCUT2D eigenvalue weighted by Crippen LogP contribution is -2.10. The van der Waals surface area contributed by atoms with Crippen molar-refractivity contribution in [2.45, 2.75) is 6.92 Å². The summed E-state index contributed by atoms with van der Waals surface area (Å²) in [6, 6.07) is 1.94. The number of hydrogen-bond acceptors (Lipinski definition) is 4. The van der Waals surface area contributed by atoms with E-state index in [-0.39, 0.29) is 0 Å². The van der Waals surface area contributed by atoms with Gasteiger partial charge in [-0.2, -0.15) is 5.11 Å². The van der Waals surface area contributed by atoms with Gasteiger partial charge in [0.25, 0.3) is 0 Å². The van der Waals surface area contributed by atoms with Crippen molar-refractivity contribution in [2.75, 3.05) is 19.5 Å². The fraction of sp³-hybridized carbons (Fsp3) is 0.333. The van der Waals surface area contributed by atoms with Gasteiger partial charge < -0.3 is 10.1 Å². The van der Waals surface area contributed by atoms with Crippen LogP contribution in [0.5, 0.6) is 5.75 Å². The van der Waals surface area contributed by atoms with Crippen LogP contribution in [-0.4, -0.2) is 22.0 Å². The molecule has 0 aliphatic heterocycles. The van der Waals surface area contributed by atoms with E-state index in [0.717, 1.165) is 22.5 Å². The van der Waals surface area contributed by atoms with Crippen LogP contribution in [0.3, 0.4) is 0 Å². The predicted octanol–water partition coefficient (Wildman–Crippen LogP) is 0.966. The Hall–Kier alpha value is -1.52. The van der Waals surface area contributed by atoms with E-state index < -0.39 is 0 Å². The van der Waals surface area contributed by atoms with Gasteiger partial charge in [-0.05, 0) is 18.6 Å². The molecule has 0 bridgehead atoms. The first-order chi connectivity index (χ1) is 6.65. The SMILES string of the molecule is Bc1cc(OC)c(NC)c(N=N)c1C. The van der Waals surface area contributed by atoms with E-state index in [2.05, 4.69) is 10.4 Å². The summed E-state index contributed by atoms with van der Waals surface area (Å²) in [6.45, 7) is 1.95. The molecule has 1 rings (SSSR count). The summed E-state index contributed by atoms with van der Waals surface area (Å²) in [7, 11) is 5.38. The van der Waals surface area contributed by atoms with Crippen LogP contribution in [0.25, 0.3) is 0 Å². The van der Waals surface area contributed by atoms with Gasteiger partial charge in [0, 0.05) is 7.05 Å². The summed E-state index contributed by atoms with van der Waals surface area (Å²) < 4.78 is 5.21. The Bertz CT molecular complexity index is 366. The molecule has 1 aromatic rings. The minimum absolute atomic E-state index is 0.643. The Morgan fingerprint density at radius 2 is 2.21 bits per heavy atom. The van der Waals surface area contributed by atoms with Gasteiger partial charge in [-0.3, -0.25) is 0 Å². The van der Waals surface area contributed by atoms with Crippen molar-refractivity contribution >= 4 is 24.7 Å². The largest absolute Gasteiger partial charge is 0.495 e. The van der Waals surface area contributed by atoms with Crippen LogP contribution in [0.2, 0.25) is 0 Å². The maximum absolute atomic E-state index is 7.13. The number of ether oxygens (including phenoxy) is 1. The third-order valence-corrected chi connectivity index (χ3v) is 2.36. The third kappa shape index (κ3) is 1.57. The minimum Gasteiger partial charge on any atom is -0.495 e. The lowest BCUT2D eigenvalue weighted by Gasteiger charge is -2.14. The van der Waals surface area contributed by atoms with E-state index in [4.69, 9.17) is 10.3 Å². The maximum atomic E-state index is 7.13. The quantitative estimate of drug-likeness (QED) is 0.552. The summed E-state index contributed by atoms with van der Waals surface area (Å²) in [4.78, 5) is 0. The number of nitrogens with one attached hydrogen (secondary N) is 2. The second kappa shape index (κ2) is 4.13. The molecule has 0 unspecified atom stereocenters. The van der Waals surface area contributed by atoms with E-state index >= 15 is 0 Å². The number of nitrogens with zero attached hydrogens (tertiary/aromatic N) is 1. The van der Waals surface area contributed by atoms with Crippen molar-refractivity contribution < 1.29 is 4.74 Å². The highest BCUT2D eigenvalue weighted by atomic mass is 16.5. The molecule has 0 saturated carbocycles. The van der Waals surface area contributed by atoms with Crippen molar-refractivity contribution in [3.63, 3.8) is 0 Å². The molecule has 0 fully saturated rings. The van der Waals surface area contributed by atoms with Gasteiger partial charge >= 0.3 is 0 Å². The average molecular weight is 191 g/mol. The summed E-state index contributed by atoms with van der Waals surface area (Å²) in [5.41, 5.74) is 10.6. The highest BCUT2D eigenvalue weighted by Crippen LogP contribution is 2.35. The topological polar surface area (TPSA) is 57.5 Å². The number of methoxy groups -OCH3 is 1. The number of anilines is 1. The van der Waals surface area contributed by atoms with Gasteiger partial charge in [0.05, 0.1) is 7.11 Å². The van der Waals surface area contributed by atoms with Crippen LogP contribution in [0, 0.1) is 12.5 Å². The van der Waals surface area contributed by atoms with Gasteiger partial charge in [0.2, 0.25) is 0 Å². The molecule has 0 aromatic heterocycles. The predicted molar refractivity (Wildman–Crippen MR) is 60.3 cm³/mol. The van der Waals surface area contributed by atoms with Crippen molar-refractivity contribution in [1.29, 1.82) is 5.53 Å². The molecule has 4 nitrogen and oxygen atoms in total. The molecule has 0 spiro atoms. The average Bonchev–Trinajstić information content (AvgIpc) is 2.20. The van der Waals surface area contributed by atoms with Crippen LogP contribution >= 0.6 is 0 Å². The Morgan fingerprint density at radius 3 is 2.64 bits per heavy atom. The van der Waals surface area contributed by atoms with E-state index in [9.17, 15) is 0 Å². The molecule has 0 aliphatic rings. The normalized spacial score (nSPS) is 9.64. The molecule has 0 amide bonds. The van der Waals surface area contributed by atoms with Crippen LogP contribution < -0.4 is 15.5 Å². The van der Waals surface area contributed by atoms with E-state index in [0.29, 0.717) is 5.69 Å². The van der Waals surface area contributed by atoms with E-state index in [1.807, 2.05) is 20.8 Å². The third-order valence-electron chi connectivity index (χ3n) is 2.36. The molecule has 0 atom stereocenters. The molecule has 2 N–H and O–H groups in total. The first-order valence-corrected chi connectivity index (χ1v) is 4.39. The van der Waals surface area contributed by atoms with Crippen LogP contribution in [-0.2, 0) is 0 Å². The first kappa shape index (κ1) is 10.6. The second-order valence-corrected chi connectivity index (χ2v) is 3.11. The molecular weight excluding hydrogens is 177 g/mol. The minimum atomic E-state index is 0.643. The highest BCUT2D eigenvalue weighted by Gasteiger charge is 2.12. The Labute approximate surface area is 84.6 Å². The van der Waals surface area contributed by atoms with Crippen molar-refractivity contribution in [2.24, 2.45) is 5.11 Å². The van der Waals surface area contributed by atoms with Gasteiger partial charge in [-0.25, -0.2) is 5.53 Å². The van der Waals surface area contributed by atoms with Gasteiger partial charge in [-0.1, -0.05) is 5.46 Å². The first-order valence-electron chi connectivity index (χ1n) is 4.39. The molecule has 74 valence electrons. The Morgan fingerprint density at radius 1 is 1.57 bits per heavy atom. The summed E-state index contributed by atoms with van der Waals surface area (Å²) in [6.07, 6.45) is 0. The maximum Gasteiger partial charge on any atom is 0.143 e. The number of benzene rings is 1. The lowest BCUT2D eigenvalue weighted by molar-refractivity contribution is 0.417. The number of hydrogen-bond donors (Lipinski definition) is 2. The van der Waals surface area contributed by atoms with Gasteiger partial charge in [0.15, 0.2) is 0 Å². The highest BCUT2D eigenvalue weighted by molar-refractivity contribution is 6.34. The van der Waals surface area contributed by atoms with Crippen molar-refractivity contribution in [3.8, 4) is 5.75 Å². The molecule has 1 aromatic carbocycles. The molecule has 0 saturated heterocycles. The van der Waals surface area contributed by atoms with Crippen molar-refractivity contribution in [3.05, 3.63) is 11.6 Å². The lowest BCUT2D eigenvalue weighted by atomic mass is 9.89. The van der Waals surface area contributed by atoms with Crippen LogP contribution in [0.1, 0.15) is 5.56 Å². The molecule has 0 heterocycles. The zero-order chi connectivity index (χ0) is 10.7. The smallest absolute Gasteiger partial charge is 0.143 e. The van der Waals surface area contributed by atoms with Crippen molar-refractivity contribution in [1.82, 2.24) is 0 Å².